The zero-order chi connectivity index (χ0) is 24.1. The predicted molar refractivity (Wildman–Crippen MR) is 131 cm³/mol. The van der Waals surface area contributed by atoms with Crippen LogP contribution in [0.2, 0.25) is 0 Å². The Morgan fingerprint density at radius 3 is 2.33 bits per heavy atom. The third kappa shape index (κ3) is 11.2. The van der Waals surface area contributed by atoms with Crippen LogP contribution in [0.25, 0.3) is 0 Å². The molecule has 0 aromatic heterocycles. The van der Waals surface area contributed by atoms with Gasteiger partial charge in [0.2, 0.25) is 5.91 Å². The second kappa shape index (κ2) is 15.7. The summed E-state index contributed by atoms with van der Waals surface area (Å²) >= 11 is 0. The van der Waals surface area contributed by atoms with Gasteiger partial charge < -0.3 is 4.74 Å². The number of carbonyl (C=O) groups excluding carboxylic acids is 2. The SMILES string of the molecule is CC(C)CCC(=O)N(NCC(C)C)[C@@H](CCCC1CCCCC1)C(=O)NO[C@@H]1CCCCO1. The Hall–Kier alpha value is -1.18. The fourth-order valence-electron chi connectivity index (χ4n) is 4.63. The summed E-state index contributed by atoms with van der Waals surface area (Å²) in [6, 6.07) is -0.587. The number of hydrogen-bond acceptors (Lipinski definition) is 5. The molecular formula is C26H49N3O4. The number of nitrogens with zero attached hydrogens (tertiary/aromatic N) is 1. The summed E-state index contributed by atoms with van der Waals surface area (Å²) in [5, 5.41) is 1.60. The highest BCUT2D eigenvalue weighted by Gasteiger charge is 2.31. The van der Waals surface area contributed by atoms with Crippen molar-refractivity contribution in [3.05, 3.63) is 0 Å². The molecule has 2 aliphatic rings. The maximum Gasteiger partial charge on any atom is 0.268 e. The highest BCUT2D eigenvalue weighted by Crippen LogP contribution is 2.28. The summed E-state index contributed by atoms with van der Waals surface area (Å²) < 4.78 is 5.59. The Kier molecular flexibility index (Phi) is 13.3. The quantitative estimate of drug-likeness (QED) is 0.347. The van der Waals surface area contributed by atoms with Crippen LogP contribution in [0.15, 0.2) is 0 Å². The van der Waals surface area contributed by atoms with Gasteiger partial charge in [-0.25, -0.2) is 15.7 Å². The Labute approximate surface area is 201 Å². The summed E-state index contributed by atoms with van der Waals surface area (Å²) in [6.07, 6.45) is 12.9. The predicted octanol–water partition coefficient (Wildman–Crippen LogP) is 5.11. The van der Waals surface area contributed by atoms with E-state index in [4.69, 9.17) is 9.57 Å². The molecule has 0 aromatic rings. The molecule has 0 spiro atoms. The lowest BCUT2D eigenvalue weighted by atomic mass is 9.85. The lowest BCUT2D eigenvalue weighted by Gasteiger charge is -2.33. The molecule has 1 aliphatic carbocycles. The summed E-state index contributed by atoms with van der Waals surface area (Å²) in [6.45, 7) is 9.74. The summed E-state index contributed by atoms with van der Waals surface area (Å²) in [7, 11) is 0. The average molecular weight is 468 g/mol. The van der Waals surface area contributed by atoms with Crippen molar-refractivity contribution in [2.75, 3.05) is 13.2 Å². The van der Waals surface area contributed by atoms with Crippen LogP contribution in [0.5, 0.6) is 0 Å². The minimum Gasteiger partial charge on any atom is -0.350 e. The van der Waals surface area contributed by atoms with Crippen molar-refractivity contribution >= 4 is 11.8 Å². The van der Waals surface area contributed by atoms with E-state index in [2.05, 4.69) is 38.6 Å². The van der Waals surface area contributed by atoms with Gasteiger partial charge in [0.25, 0.3) is 5.91 Å². The average Bonchev–Trinajstić information content (AvgIpc) is 2.81. The number of rotatable bonds is 14. The van der Waals surface area contributed by atoms with E-state index in [1.54, 1.807) is 5.01 Å². The van der Waals surface area contributed by atoms with Crippen LogP contribution in [-0.2, 0) is 19.2 Å². The normalized spacial score (nSPS) is 20.7. The molecule has 2 N–H and O–H groups in total. The molecule has 0 unspecified atom stereocenters. The first-order valence-electron chi connectivity index (χ1n) is 13.5. The Bertz CT molecular complexity index is 558. The van der Waals surface area contributed by atoms with Crippen molar-refractivity contribution in [2.24, 2.45) is 17.8 Å². The molecular weight excluding hydrogens is 418 g/mol. The first-order valence-corrected chi connectivity index (χ1v) is 13.5. The van der Waals surface area contributed by atoms with Crippen molar-refractivity contribution in [2.45, 2.75) is 123 Å². The Balaban J connectivity index is 2.04. The van der Waals surface area contributed by atoms with E-state index in [1.165, 1.54) is 32.1 Å². The van der Waals surface area contributed by atoms with Crippen molar-refractivity contribution in [3.63, 3.8) is 0 Å². The van der Waals surface area contributed by atoms with Crippen LogP contribution in [0.3, 0.4) is 0 Å². The van der Waals surface area contributed by atoms with Crippen molar-refractivity contribution in [3.8, 4) is 0 Å². The van der Waals surface area contributed by atoms with Gasteiger partial charge in [-0.05, 0) is 43.4 Å². The van der Waals surface area contributed by atoms with Gasteiger partial charge in [-0.15, -0.1) is 0 Å². The van der Waals surface area contributed by atoms with Gasteiger partial charge in [0.15, 0.2) is 6.29 Å². The molecule has 1 aliphatic heterocycles. The molecule has 1 saturated heterocycles. The van der Waals surface area contributed by atoms with Crippen molar-refractivity contribution in [1.29, 1.82) is 0 Å². The van der Waals surface area contributed by atoms with Crippen LogP contribution in [0.4, 0.5) is 0 Å². The minimum absolute atomic E-state index is 0.0175. The zero-order valence-corrected chi connectivity index (χ0v) is 21.6. The van der Waals surface area contributed by atoms with E-state index in [1.807, 2.05) is 0 Å². The van der Waals surface area contributed by atoms with E-state index in [0.29, 0.717) is 37.8 Å². The van der Waals surface area contributed by atoms with E-state index in [-0.39, 0.29) is 11.8 Å². The lowest BCUT2D eigenvalue weighted by Crippen LogP contribution is -2.56. The fraction of sp³-hybridized carbons (Fsp3) is 0.923. The summed E-state index contributed by atoms with van der Waals surface area (Å²) in [4.78, 5) is 32.1. The summed E-state index contributed by atoms with van der Waals surface area (Å²) in [5.41, 5.74) is 5.92. The van der Waals surface area contributed by atoms with E-state index in [9.17, 15) is 9.59 Å². The standard InChI is InChI=1S/C26H49N3O4/c1-20(2)16-17-24(30)29(27-19-21(3)4)23(14-10-13-22-11-6-5-7-12-22)26(31)28-33-25-15-8-9-18-32-25/h20-23,25,27H,5-19H2,1-4H3,(H,28,31)/t23-,25+/m0/s1. The van der Waals surface area contributed by atoms with Crippen molar-refractivity contribution in [1.82, 2.24) is 15.9 Å². The number of hydroxylamine groups is 1. The Morgan fingerprint density at radius 2 is 1.70 bits per heavy atom. The molecule has 2 atom stereocenters. The molecule has 1 saturated carbocycles. The third-order valence-corrected chi connectivity index (χ3v) is 6.73. The van der Waals surface area contributed by atoms with E-state index >= 15 is 0 Å². The number of hydrogen-bond donors (Lipinski definition) is 2. The van der Waals surface area contributed by atoms with Gasteiger partial charge in [-0.3, -0.25) is 14.6 Å². The van der Waals surface area contributed by atoms with Crippen molar-refractivity contribution < 1.29 is 19.2 Å². The first kappa shape index (κ1) is 28.1. The smallest absolute Gasteiger partial charge is 0.268 e. The van der Waals surface area contributed by atoms with Gasteiger partial charge in [0, 0.05) is 26.0 Å². The molecule has 33 heavy (non-hydrogen) atoms. The molecule has 2 rings (SSSR count). The maximum atomic E-state index is 13.3. The molecule has 7 heteroatoms. The topological polar surface area (TPSA) is 79.9 Å². The number of ether oxygens (including phenoxy) is 1. The number of nitrogens with one attached hydrogen (secondary N) is 2. The number of carbonyl (C=O) groups is 2. The number of amides is 2. The molecule has 192 valence electrons. The highest BCUT2D eigenvalue weighted by atomic mass is 16.8. The monoisotopic (exact) mass is 467 g/mol. The van der Waals surface area contributed by atoms with Crippen LogP contribution in [-0.4, -0.2) is 42.3 Å². The van der Waals surface area contributed by atoms with Crippen LogP contribution < -0.4 is 10.9 Å². The second-order valence-corrected chi connectivity index (χ2v) is 10.8. The molecule has 1 heterocycles. The van der Waals surface area contributed by atoms with Crippen LogP contribution in [0.1, 0.15) is 111 Å². The first-order chi connectivity index (χ1) is 15.9. The second-order valence-electron chi connectivity index (χ2n) is 10.8. The van der Waals surface area contributed by atoms with Crippen LogP contribution >= 0.6 is 0 Å². The minimum atomic E-state index is -0.587. The molecule has 0 aromatic carbocycles. The molecule has 2 fully saturated rings. The lowest BCUT2D eigenvalue weighted by molar-refractivity contribution is -0.203. The van der Waals surface area contributed by atoms with Crippen LogP contribution in [0, 0.1) is 17.8 Å². The van der Waals surface area contributed by atoms with E-state index < -0.39 is 12.3 Å². The van der Waals surface area contributed by atoms with Gasteiger partial charge in [-0.1, -0.05) is 72.6 Å². The fourth-order valence-corrected chi connectivity index (χ4v) is 4.63. The largest absolute Gasteiger partial charge is 0.350 e. The highest BCUT2D eigenvalue weighted by molar-refractivity contribution is 5.86. The van der Waals surface area contributed by atoms with E-state index in [0.717, 1.165) is 44.4 Å². The van der Waals surface area contributed by atoms with Gasteiger partial charge >= 0.3 is 0 Å². The molecule has 2 amide bonds. The van der Waals surface area contributed by atoms with Gasteiger partial charge in [0.1, 0.15) is 6.04 Å². The number of hydrazine groups is 1. The molecule has 7 nitrogen and oxygen atoms in total. The van der Waals surface area contributed by atoms with Gasteiger partial charge in [0.05, 0.1) is 0 Å². The van der Waals surface area contributed by atoms with Gasteiger partial charge in [-0.2, -0.15) is 0 Å². The maximum absolute atomic E-state index is 13.3. The summed E-state index contributed by atoms with van der Waals surface area (Å²) in [5.74, 6) is 1.27. The zero-order valence-electron chi connectivity index (χ0n) is 21.6. The Morgan fingerprint density at radius 1 is 0.970 bits per heavy atom. The molecule has 0 bridgehead atoms. The molecule has 0 radical (unpaired) electrons. The third-order valence-electron chi connectivity index (χ3n) is 6.73.